The lowest BCUT2D eigenvalue weighted by molar-refractivity contribution is -0.129. The molecule has 1 fully saturated rings. The fraction of sp³-hybridized carbons (Fsp3) is 0.467. The lowest BCUT2D eigenvalue weighted by Crippen LogP contribution is -2.39. The first-order chi connectivity index (χ1) is 11.2. The summed E-state index contributed by atoms with van der Waals surface area (Å²) >= 11 is 5.57. The molecule has 3 rings (SSSR count). The minimum atomic E-state index is -0.407. The van der Waals surface area contributed by atoms with E-state index < -0.39 is 5.82 Å². The second kappa shape index (κ2) is 7.04. The molecule has 1 aliphatic heterocycles. The number of hydrogen-bond donors (Lipinski definition) is 0. The van der Waals surface area contributed by atoms with Crippen LogP contribution in [0, 0.1) is 11.7 Å². The van der Waals surface area contributed by atoms with E-state index in [9.17, 15) is 9.18 Å². The number of halogens is 2. The highest BCUT2D eigenvalue weighted by atomic mass is 35.5. The largest absolute Gasteiger partial charge is 0.342 e. The Balaban J connectivity index is 1.58. The molecule has 0 N–H and O–H groups in total. The smallest absolute Gasteiger partial charge is 0.237 e. The van der Waals surface area contributed by atoms with Gasteiger partial charge in [-0.25, -0.2) is 9.37 Å². The van der Waals surface area contributed by atoms with Gasteiger partial charge in [0.05, 0.1) is 6.20 Å². The van der Waals surface area contributed by atoms with E-state index in [1.807, 2.05) is 0 Å². The van der Waals surface area contributed by atoms with Crippen LogP contribution >= 0.6 is 11.6 Å². The molecule has 2 aromatic heterocycles. The molecular formula is C15H16ClFN4O2. The predicted molar refractivity (Wildman–Crippen MR) is 81.2 cm³/mol. The molecule has 3 heterocycles. The van der Waals surface area contributed by atoms with E-state index >= 15 is 0 Å². The Hall–Kier alpha value is -2.02. The Morgan fingerprint density at radius 1 is 1.39 bits per heavy atom. The van der Waals surface area contributed by atoms with E-state index in [-0.39, 0.29) is 11.8 Å². The first-order valence-electron chi connectivity index (χ1n) is 7.44. The second-order valence-corrected chi connectivity index (χ2v) is 5.80. The van der Waals surface area contributed by atoms with E-state index in [4.69, 9.17) is 16.1 Å². The van der Waals surface area contributed by atoms with E-state index in [0.29, 0.717) is 42.8 Å². The van der Waals surface area contributed by atoms with Crippen molar-refractivity contribution in [1.82, 2.24) is 20.0 Å². The summed E-state index contributed by atoms with van der Waals surface area (Å²) in [4.78, 5) is 21.6. The monoisotopic (exact) mass is 338 g/mol. The number of alkyl halides is 1. The second-order valence-electron chi connectivity index (χ2n) is 5.54. The lowest BCUT2D eigenvalue weighted by Gasteiger charge is -2.30. The predicted octanol–water partition coefficient (Wildman–Crippen LogP) is 2.29. The standard InChI is InChI=1S/C15H16ClFN4O2/c16-8-14(22)21-5-3-10(4-6-21)7-13-19-15(20-23-13)12-2-1-11(17)9-18-12/h1-2,9-10H,3-8H2. The molecule has 0 bridgehead atoms. The summed E-state index contributed by atoms with van der Waals surface area (Å²) in [5.74, 6) is 0.887. The highest BCUT2D eigenvalue weighted by molar-refractivity contribution is 6.27. The summed E-state index contributed by atoms with van der Waals surface area (Å²) in [5, 5.41) is 3.89. The minimum absolute atomic E-state index is 0.0208. The number of rotatable bonds is 4. The zero-order valence-electron chi connectivity index (χ0n) is 12.4. The zero-order valence-corrected chi connectivity index (χ0v) is 13.2. The number of amides is 1. The van der Waals surface area contributed by atoms with Crippen molar-refractivity contribution in [3.8, 4) is 11.5 Å². The molecule has 0 spiro atoms. The summed E-state index contributed by atoms with van der Waals surface area (Å²) in [7, 11) is 0. The number of pyridine rings is 1. The third-order valence-electron chi connectivity index (χ3n) is 3.97. The van der Waals surface area contributed by atoms with Crippen LogP contribution in [-0.4, -0.2) is 44.9 Å². The molecule has 23 heavy (non-hydrogen) atoms. The van der Waals surface area contributed by atoms with Crippen molar-refractivity contribution in [3.05, 3.63) is 30.0 Å². The fourth-order valence-electron chi connectivity index (χ4n) is 2.67. The summed E-state index contributed by atoms with van der Waals surface area (Å²) in [6.45, 7) is 1.41. The SMILES string of the molecule is O=C(CCl)N1CCC(Cc2nc(-c3ccc(F)cn3)no2)CC1. The van der Waals surface area contributed by atoms with Gasteiger partial charge < -0.3 is 9.42 Å². The average molecular weight is 339 g/mol. The Kier molecular flexibility index (Phi) is 4.85. The van der Waals surface area contributed by atoms with Crippen LogP contribution in [0.2, 0.25) is 0 Å². The average Bonchev–Trinajstić information content (AvgIpc) is 3.04. The molecule has 122 valence electrons. The van der Waals surface area contributed by atoms with Gasteiger partial charge in [-0.15, -0.1) is 11.6 Å². The highest BCUT2D eigenvalue weighted by Crippen LogP contribution is 2.22. The van der Waals surface area contributed by atoms with E-state index in [1.165, 1.54) is 12.1 Å². The lowest BCUT2D eigenvalue weighted by atomic mass is 9.93. The number of aromatic nitrogens is 3. The van der Waals surface area contributed by atoms with Crippen molar-refractivity contribution in [3.63, 3.8) is 0 Å². The van der Waals surface area contributed by atoms with Crippen molar-refractivity contribution < 1.29 is 13.7 Å². The fourth-order valence-corrected chi connectivity index (χ4v) is 2.84. The minimum Gasteiger partial charge on any atom is -0.342 e. The normalized spacial score (nSPS) is 15.8. The Bertz CT molecular complexity index is 668. The van der Waals surface area contributed by atoms with Gasteiger partial charge in [-0.05, 0) is 30.9 Å². The summed E-state index contributed by atoms with van der Waals surface area (Å²) in [6.07, 6.45) is 3.55. The molecule has 0 radical (unpaired) electrons. The number of piperidine rings is 1. The maximum atomic E-state index is 12.9. The van der Waals surface area contributed by atoms with Crippen LogP contribution in [0.4, 0.5) is 4.39 Å². The molecule has 8 heteroatoms. The highest BCUT2D eigenvalue weighted by Gasteiger charge is 2.24. The van der Waals surface area contributed by atoms with Crippen molar-refractivity contribution in [1.29, 1.82) is 0 Å². The number of nitrogens with zero attached hydrogens (tertiary/aromatic N) is 4. The van der Waals surface area contributed by atoms with Crippen LogP contribution in [0.1, 0.15) is 18.7 Å². The molecule has 1 saturated heterocycles. The number of carbonyl (C=O) groups is 1. The van der Waals surface area contributed by atoms with Gasteiger partial charge in [-0.1, -0.05) is 5.16 Å². The van der Waals surface area contributed by atoms with Crippen LogP contribution in [0.3, 0.4) is 0 Å². The van der Waals surface area contributed by atoms with Gasteiger partial charge >= 0.3 is 0 Å². The van der Waals surface area contributed by atoms with Gasteiger partial charge in [0.15, 0.2) is 0 Å². The summed E-state index contributed by atoms with van der Waals surface area (Å²) in [6, 6.07) is 2.82. The maximum Gasteiger partial charge on any atom is 0.237 e. The number of hydrogen-bond acceptors (Lipinski definition) is 5. The molecular weight excluding hydrogens is 323 g/mol. The van der Waals surface area contributed by atoms with Gasteiger partial charge in [0.25, 0.3) is 0 Å². The van der Waals surface area contributed by atoms with Gasteiger partial charge in [0.1, 0.15) is 17.4 Å². The van der Waals surface area contributed by atoms with Crippen LogP contribution in [0.25, 0.3) is 11.5 Å². The first kappa shape index (κ1) is 15.9. The molecule has 1 amide bonds. The molecule has 0 atom stereocenters. The molecule has 6 nitrogen and oxygen atoms in total. The van der Waals surface area contributed by atoms with E-state index in [0.717, 1.165) is 19.0 Å². The topological polar surface area (TPSA) is 72.1 Å². The van der Waals surface area contributed by atoms with Crippen molar-refractivity contribution in [2.75, 3.05) is 19.0 Å². The van der Waals surface area contributed by atoms with Crippen LogP contribution in [0.15, 0.2) is 22.9 Å². The van der Waals surface area contributed by atoms with Gasteiger partial charge in [0.2, 0.25) is 17.6 Å². The van der Waals surface area contributed by atoms with Crippen LogP contribution < -0.4 is 0 Å². The third-order valence-corrected chi connectivity index (χ3v) is 4.20. The first-order valence-corrected chi connectivity index (χ1v) is 7.97. The molecule has 2 aromatic rings. The molecule has 0 aromatic carbocycles. The van der Waals surface area contributed by atoms with E-state index in [1.54, 1.807) is 4.90 Å². The molecule has 0 unspecified atom stereocenters. The zero-order chi connectivity index (χ0) is 16.2. The van der Waals surface area contributed by atoms with Crippen LogP contribution in [0.5, 0.6) is 0 Å². The Morgan fingerprint density at radius 3 is 2.83 bits per heavy atom. The third kappa shape index (κ3) is 3.85. The molecule has 1 aliphatic rings. The van der Waals surface area contributed by atoms with Gasteiger partial charge in [-0.3, -0.25) is 4.79 Å². The molecule has 0 saturated carbocycles. The molecule has 0 aliphatic carbocycles. The van der Waals surface area contributed by atoms with Crippen molar-refractivity contribution in [2.24, 2.45) is 5.92 Å². The summed E-state index contributed by atoms with van der Waals surface area (Å²) < 4.78 is 18.1. The van der Waals surface area contributed by atoms with Crippen molar-refractivity contribution >= 4 is 17.5 Å². The van der Waals surface area contributed by atoms with Crippen LogP contribution in [-0.2, 0) is 11.2 Å². The Morgan fingerprint density at radius 2 is 2.17 bits per heavy atom. The summed E-state index contributed by atoms with van der Waals surface area (Å²) in [5.41, 5.74) is 0.476. The van der Waals surface area contributed by atoms with Gasteiger partial charge in [0, 0.05) is 19.5 Å². The van der Waals surface area contributed by atoms with Gasteiger partial charge in [-0.2, -0.15) is 4.98 Å². The Labute approximate surface area is 137 Å². The maximum absolute atomic E-state index is 12.9. The van der Waals surface area contributed by atoms with Crippen molar-refractivity contribution in [2.45, 2.75) is 19.3 Å². The van der Waals surface area contributed by atoms with E-state index in [2.05, 4.69) is 15.1 Å². The quantitative estimate of drug-likeness (QED) is 0.800. The number of carbonyl (C=O) groups excluding carboxylic acids is 1. The number of likely N-dealkylation sites (tertiary alicyclic amines) is 1.